The van der Waals surface area contributed by atoms with Crippen LogP contribution in [0.4, 0.5) is 13.2 Å². The first-order valence-corrected chi connectivity index (χ1v) is 9.12. The molecule has 0 radical (unpaired) electrons. The van der Waals surface area contributed by atoms with E-state index >= 15 is 0 Å². The number of hydrogen-bond donors (Lipinski definition) is 1. The largest absolute Gasteiger partial charge is 0.481 e. The number of carboxylic acid groups (broad SMARTS) is 1. The third-order valence-electron chi connectivity index (χ3n) is 4.77. The van der Waals surface area contributed by atoms with Crippen molar-refractivity contribution < 1.29 is 31.5 Å². The highest BCUT2D eigenvalue weighted by Crippen LogP contribution is 2.39. The highest BCUT2D eigenvalue weighted by atomic mass is 32.2. The summed E-state index contributed by atoms with van der Waals surface area (Å²) in [5.41, 5.74) is 1.81. The van der Waals surface area contributed by atoms with Crippen molar-refractivity contribution in [3.8, 4) is 0 Å². The predicted molar refractivity (Wildman–Crippen MR) is 81.7 cm³/mol. The van der Waals surface area contributed by atoms with Crippen LogP contribution in [0, 0.1) is 11.8 Å². The van der Waals surface area contributed by atoms with Gasteiger partial charge in [-0.05, 0) is 17.5 Å². The van der Waals surface area contributed by atoms with Gasteiger partial charge in [0.05, 0.1) is 11.8 Å². The molecule has 138 valence electrons. The monoisotopic (exact) mass is 378 g/mol. The lowest BCUT2D eigenvalue weighted by Gasteiger charge is -2.31. The van der Waals surface area contributed by atoms with Gasteiger partial charge < -0.3 is 5.11 Å². The molecule has 0 aromatic heterocycles. The van der Waals surface area contributed by atoms with E-state index in [1.807, 2.05) is 12.1 Å². The second-order valence-electron chi connectivity index (χ2n) is 6.27. The summed E-state index contributed by atoms with van der Waals surface area (Å²) in [5, 5.41) is 9.04. The van der Waals surface area contributed by atoms with Crippen molar-refractivity contribution in [3.05, 3.63) is 35.4 Å². The summed E-state index contributed by atoms with van der Waals surface area (Å²) in [6, 6.07) is 7.27. The zero-order valence-corrected chi connectivity index (χ0v) is 13.9. The molecule has 1 saturated heterocycles. The normalized spacial score (nSPS) is 25.7. The van der Waals surface area contributed by atoms with Gasteiger partial charge >= 0.3 is 12.1 Å². The van der Waals surface area contributed by atoms with E-state index in [1.54, 1.807) is 12.1 Å². The minimum Gasteiger partial charge on any atom is -0.481 e. The molecule has 2 aliphatic rings. The van der Waals surface area contributed by atoms with Gasteiger partial charge in [0.25, 0.3) is 10.2 Å². The van der Waals surface area contributed by atoms with Crippen LogP contribution >= 0.6 is 0 Å². The Bertz CT molecular complexity index is 781. The van der Waals surface area contributed by atoms with Gasteiger partial charge in [-0.2, -0.15) is 30.2 Å². The molecular weight excluding hydrogens is 361 g/mol. The lowest BCUT2D eigenvalue weighted by molar-refractivity contribution is -0.187. The lowest BCUT2D eigenvalue weighted by Crippen LogP contribution is -2.45. The highest BCUT2D eigenvalue weighted by Gasteiger charge is 2.55. The average molecular weight is 378 g/mol. The van der Waals surface area contributed by atoms with E-state index in [-0.39, 0.29) is 13.1 Å². The molecule has 0 unspecified atom stereocenters. The first kappa shape index (κ1) is 18.2. The number of hydrogen-bond acceptors (Lipinski definition) is 3. The topological polar surface area (TPSA) is 77.9 Å². The summed E-state index contributed by atoms with van der Waals surface area (Å²) in [5.74, 6) is -5.62. The standard InChI is InChI=1S/C15H17F3N2O4S/c16-15(17,18)13-9-20(8-12(13)14(21)22)25(23,24)19-6-5-10-3-1-2-4-11(10)7-19/h1-4,12-13H,5-9H2,(H,21,22)/t12-,13-/m1/s1. The van der Waals surface area contributed by atoms with Crippen LogP contribution < -0.4 is 0 Å². The van der Waals surface area contributed by atoms with Crippen molar-refractivity contribution in [1.82, 2.24) is 8.61 Å². The zero-order chi connectivity index (χ0) is 18.4. The predicted octanol–water partition coefficient (Wildman–Crippen LogP) is 1.48. The summed E-state index contributed by atoms with van der Waals surface area (Å²) in [6.45, 7) is -1.30. The fourth-order valence-corrected chi connectivity index (χ4v) is 5.02. The highest BCUT2D eigenvalue weighted by molar-refractivity contribution is 7.86. The van der Waals surface area contributed by atoms with Gasteiger partial charge in [-0.1, -0.05) is 24.3 Å². The molecule has 2 heterocycles. The Kier molecular flexibility index (Phi) is 4.54. The van der Waals surface area contributed by atoms with Crippen molar-refractivity contribution in [2.45, 2.75) is 19.1 Å². The Morgan fingerprint density at radius 2 is 1.76 bits per heavy atom. The summed E-state index contributed by atoms with van der Waals surface area (Å²) in [4.78, 5) is 11.1. The van der Waals surface area contributed by atoms with Gasteiger partial charge in [0.1, 0.15) is 0 Å². The molecular formula is C15H17F3N2O4S. The molecule has 0 amide bonds. The number of alkyl halides is 3. The lowest BCUT2D eigenvalue weighted by atomic mass is 9.96. The molecule has 1 aromatic rings. The molecule has 2 aliphatic heterocycles. The second kappa shape index (κ2) is 6.26. The number of carboxylic acids is 1. The Morgan fingerprint density at radius 3 is 2.32 bits per heavy atom. The molecule has 1 N–H and O–H groups in total. The van der Waals surface area contributed by atoms with Crippen LogP contribution in [0.15, 0.2) is 24.3 Å². The molecule has 0 spiro atoms. The third kappa shape index (κ3) is 3.38. The minimum absolute atomic E-state index is 0.0728. The van der Waals surface area contributed by atoms with Gasteiger partial charge in [-0.15, -0.1) is 0 Å². The van der Waals surface area contributed by atoms with Gasteiger partial charge in [0, 0.05) is 26.2 Å². The van der Waals surface area contributed by atoms with Crippen LogP contribution in [0.3, 0.4) is 0 Å². The first-order chi connectivity index (χ1) is 11.6. The maximum Gasteiger partial charge on any atom is 0.393 e. The summed E-state index contributed by atoms with van der Waals surface area (Å²) >= 11 is 0. The van der Waals surface area contributed by atoms with Gasteiger partial charge in [0.15, 0.2) is 0 Å². The van der Waals surface area contributed by atoms with Gasteiger partial charge in [-0.3, -0.25) is 4.79 Å². The van der Waals surface area contributed by atoms with Crippen LogP contribution in [-0.2, 0) is 28.0 Å². The molecule has 0 saturated carbocycles. The number of carbonyl (C=O) groups is 1. The quantitative estimate of drug-likeness (QED) is 0.864. The molecule has 0 bridgehead atoms. The SMILES string of the molecule is O=C(O)[C@@H]1CN(S(=O)(=O)N2CCc3ccccc3C2)C[C@H]1C(F)(F)F. The smallest absolute Gasteiger partial charge is 0.393 e. The Balaban J connectivity index is 1.83. The molecule has 6 nitrogen and oxygen atoms in total. The van der Waals surface area contributed by atoms with Crippen molar-refractivity contribution in [3.63, 3.8) is 0 Å². The number of rotatable bonds is 3. The fraction of sp³-hybridized carbons (Fsp3) is 0.533. The summed E-state index contributed by atoms with van der Waals surface area (Å²) in [6.07, 6.45) is -4.30. The van der Waals surface area contributed by atoms with Crippen LogP contribution in [0.5, 0.6) is 0 Å². The Labute approximate surface area is 143 Å². The van der Waals surface area contributed by atoms with E-state index in [1.165, 1.54) is 0 Å². The van der Waals surface area contributed by atoms with Crippen LogP contribution in [0.2, 0.25) is 0 Å². The van der Waals surface area contributed by atoms with Gasteiger partial charge in [0.2, 0.25) is 0 Å². The van der Waals surface area contributed by atoms with E-state index in [4.69, 9.17) is 5.11 Å². The molecule has 10 heteroatoms. The number of aliphatic carboxylic acids is 1. The number of nitrogens with zero attached hydrogens (tertiary/aromatic N) is 2. The second-order valence-corrected chi connectivity index (χ2v) is 8.20. The minimum atomic E-state index is -4.76. The molecule has 1 fully saturated rings. The summed E-state index contributed by atoms with van der Waals surface area (Å²) in [7, 11) is -4.16. The number of benzene rings is 1. The first-order valence-electron chi connectivity index (χ1n) is 7.72. The van der Waals surface area contributed by atoms with Crippen molar-refractivity contribution >= 4 is 16.2 Å². The Morgan fingerprint density at radius 1 is 1.12 bits per heavy atom. The Hall–Kier alpha value is -1.65. The van der Waals surface area contributed by atoms with E-state index in [0.717, 1.165) is 15.4 Å². The number of fused-ring (bicyclic) bond motifs is 1. The maximum absolute atomic E-state index is 13.1. The molecule has 2 atom stereocenters. The van der Waals surface area contributed by atoms with E-state index in [0.29, 0.717) is 10.7 Å². The average Bonchev–Trinajstić information content (AvgIpc) is 3.01. The van der Waals surface area contributed by atoms with Crippen LogP contribution in [-0.4, -0.2) is 53.9 Å². The van der Waals surface area contributed by atoms with Crippen molar-refractivity contribution in [2.75, 3.05) is 19.6 Å². The fourth-order valence-electron chi connectivity index (χ4n) is 3.37. The van der Waals surface area contributed by atoms with E-state index in [9.17, 15) is 26.4 Å². The number of halogens is 3. The maximum atomic E-state index is 13.1. The molecule has 0 aliphatic carbocycles. The third-order valence-corrected chi connectivity index (χ3v) is 6.69. The van der Waals surface area contributed by atoms with Crippen molar-refractivity contribution in [1.29, 1.82) is 0 Å². The summed E-state index contributed by atoms with van der Waals surface area (Å²) < 4.78 is 66.4. The van der Waals surface area contributed by atoms with E-state index in [2.05, 4.69) is 0 Å². The van der Waals surface area contributed by atoms with Gasteiger partial charge in [-0.25, -0.2) is 0 Å². The van der Waals surface area contributed by atoms with E-state index < -0.39 is 47.3 Å². The van der Waals surface area contributed by atoms with Crippen molar-refractivity contribution in [2.24, 2.45) is 11.8 Å². The van der Waals surface area contributed by atoms with Crippen LogP contribution in [0.25, 0.3) is 0 Å². The molecule has 3 rings (SSSR count). The zero-order valence-electron chi connectivity index (χ0n) is 13.1. The molecule has 1 aromatic carbocycles. The van der Waals surface area contributed by atoms with Crippen LogP contribution in [0.1, 0.15) is 11.1 Å². The molecule has 25 heavy (non-hydrogen) atoms.